The van der Waals surface area contributed by atoms with E-state index in [4.69, 9.17) is 18.9 Å². The lowest BCUT2D eigenvalue weighted by Crippen LogP contribution is -2.65. The normalized spacial score (nSPS) is 26.2. The minimum absolute atomic E-state index is 0.235. The van der Waals surface area contributed by atoms with Crippen LogP contribution in [-0.4, -0.2) is 140 Å². The first kappa shape index (κ1) is 63.8. The Kier molecular flexibility index (Phi) is 39.0. The Hall–Kier alpha value is -1.27. The second-order valence-electron chi connectivity index (χ2n) is 20.4. The van der Waals surface area contributed by atoms with E-state index in [-0.39, 0.29) is 18.9 Å². The molecule has 0 aliphatic carbocycles. The molecule has 2 aliphatic rings. The van der Waals surface area contributed by atoms with Gasteiger partial charge >= 0.3 is 0 Å². The number of aliphatic hydroxyl groups excluding tert-OH is 8. The van der Waals surface area contributed by atoms with E-state index in [0.29, 0.717) is 6.42 Å². The van der Waals surface area contributed by atoms with E-state index in [1.165, 1.54) is 173 Å². The van der Waals surface area contributed by atoms with Crippen LogP contribution in [0.2, 0.25) is 0 Å². The summed E-state index contributed by atoms with van der Waals surface area (Å²) in [5, 5.41) is 86.9. The van der Waals surface area contributed by atoms with E-state index in [1.807, 2.05) is 6.08 Å². The smallest absolute Gasteiger partial charge is 0.220 e. The first-order chi connectivity index (χ1) is 33.6. The summed E-state index contributed by atoms with van der Waals surface area (Å²) >= 11 is 0. The van der Waals surface area contributed by atoms with Gasteiger partial charge in [-0.1, -0.05) is 225 Å². The summed E-state index contributed by atoms with van der Waals surface area (Å²) < 4.78 is 22.7. The predicted molar refractivity (Wildman–Crippen MR) is 272 cm³/mol. The number of carbonyl (C=O) groups is 1. The van der Waals surface area contributed by atoms with Crippen LogP contribution in [0.1, 0.15) is 239 Å². The molecule has 0 aromatic rings. The number of unbranched alkanes of at least 4 members (excludes halogenated alkanes) is 32. The molecule has 2 aliphatic heterocycles. The number of carbonyl (C=O) groups excluding carboxylic acids is 1. The maximum Gasteiger partial charge on any atom is 0.220 e. The van der Waals surface area contributed by atoms with Crippen LogP contribution >= 0.6 is 0 Å². The van der Waals surface area contributed by atoms with Gasteiger partial charge in [-0.25, -0.2) is 0 Å². The maximum absolute atomic E-state index is 13.2. The summed E-state index contributed by atoms with van der Waals surface area (Å²) in [6, 6.07) is -0.908. The minimum atomic E-state index is -1.78. The van der Waals surface area contributed by atoms with Crippen molar-refractivity contribution in [3.8, 4) is 0 Å². The summed E-state index contributed by atoms with van der Waals surface area (Å²) in [7, 11) is 0. The highest BCUT2D eigenvalue weighted by Crippen LogP contribution is 2.30. The van der Waals surface area contributed by atoms with Gasteiger partial charge in [0, 0.05) is 6.42 Å². The molecule has 14 heteroatoms. The van der Waals surface area contributed by atoms with E-state index in [9.17, 15) is 45.6 Å². The van der Waals surface area contributed by atoms with Crippen molar-refractivity contribution in [3.05, 3.63) is 12.2 Å². The third-order valence-corrected chi connectivity index (χ3v) is 14.2. The van der Waals surface area contributed by atoms with E-state index in [1.54, 1.807) is 6.08 Å². The summed E-state index contributed by atoms with van der Waals surface area (Å²) in [5.74, 6) is -0.235. The molecule has 0 saturated carbocycles. The topological polar surface area (TPSA) is 228 Å². The molecule has 9 N–H and O–H groups in total. The molecule has 14 nitrogen and oxygen atoms in total. The van der Waals surface area contributed by atoms with Crippen LogP contribution in [0.15, 0.2) is 12.2 Å². The van der Waals surface area contributed by atoms with E-state index in [2.05, 4.69) is 19.2 Å². The van der Waals surface area contributed by atoms with Crippen LogP contribution < -0.4 is 5.32 Å². The molecule has 0 aromatic heterocycles. The minimum Gasteiger partial charge on any atom is -0.394 e. The highest BCUT2D eigenvalue weighted by atomic mass is 16.7. The van der Waals surface area contributed by atoms with Gasteiger partial charge in [0.1, 0.15) is 48.8 Å². The Balaban J connectivity index is 1.76. The van der Waals surface area contributed by atoms with Crippen molar-refractivity contribution in [2.45, 2.75) is 312 Å². The Labute approximate surface area is 418 Å². The number of hydrogen-bond donors (Lipinski definition) is 9. The van der Waals surface area contributed by atoms with Gasteiger partial charge in [0.05, 0.1) is 32.0 Å². The fourth-order valence-electron chi connectivity index (χ4n) is 9.59. The monoisotopic (exact) mass is 988 g/mol. The average molecular weight is 988 g/mol. The second kappa shape index (κ2) is 42.1. The SMILES string of the molecule is CCCCCCCCCCCCC/C=C/[C@@H](O)[C@H](CO[C@@H]1O[C@H](CO)[C@H](O[C@@H]2O[C@H](CO)[C@H](O)[C@H](O)[C@H]2O)[C@H](O)[C@H]1O)NC(=O)CCCCCCCCCCCCCCCCCCCCCCCC. The molecule has 69 heavy (non-hydrogen) atoms. The highest BCUT2D eigenvalue weighted by Gasteiger charge is 2.51. The molecule has 1 amide bonds. The molecular weight excluding hydrogens is 883 g/mol. The van der Waals surface area contributed by atoms with Gasteiger partial charge in [-0.3, -0.25) is 4.79 Å². The zero-order valence-electron chi connectivity index (χ0n) is 43.6. The van der Waals surface area contributed by atoms with Crippen LogP contribution in [0.4, 0.5) is 0 Å². The number of amides is 1. The van der Waals surface area contributed by atoms with Crippen LogP contribution in [0.5, 0.6) is 0 Å². The van der Waals surface area contributed by atoms with Gasteiger partial charge in [0.25, 0.3) is 0 Å². The summed E-state index contributed by atoms with van der Waals surface area (Å²) in [4.78, 5) is 13.2. The molecule has 408 valence electrons. The van der Waals surface area contributed by atoms with Crippen molar-refractivity contribution in [2.24, 2.45) is 0 Å². The van der Waals surface area contributed by atoms with Crippen LogP contribution in [0, 0.1) is 0 Å². The molecule has 2 heterocycles. The number of hydrogen-bond acceptors (Lipinski definition) is 13. The molecule has 2 rings (SSSR count). The van der Waals surface area contributed by atoms with Gasteiger partial charge in [0.15, 0.2) is 12.6 Å². The molecule has 12 atom stereocenters. The second-order valence-corrected chi connectivity index (χ2v) is 20.4. The van der Waals surface area contributed by atoms with Crippen molar-refractivity contribution >= 4 is 5.91 Å². The van der Waals surface area contributed by atoms with E-state index < -0.39 is 86.8 Å². The van der Waals surface area contributed by atoms with E-state index in [0.717, 1.165) is 38.5 Å². The summed E-state index contributed by atoms with van der Waals surface area (Å²) in [5.41, 5.74) is 0. The summed E-state index contributed by atoms with van der Waals surface area (Å²) in [6.07, 6.45) is 29.7. The number of nitrogens with one attached hydrogen (secondary N) is 1. The fourth-order valence-corrected chi connectivity index (χ4v) is 9.59. The predicted octanol–water partition coefficient (Wildman–Crippen LogP) is 8.72. The van der Waals surface area contributed by atoms with Crippen LogP contribution in [0.25, 0.3) is 0 Å². The van der Waals surface area contributed by atoms with Crippen molar-refractivity contribution in [3.63, 3.8) is 0 Å². The quantitative estimate of drug-likeness (QED) is 0.0206. The molecule has 0 bridgehead atoms. The van der Waals surface area contributed by atoms with Crippen molar-refractivity contribution < 1.29 is 64.6 Å². The molecule has 2 fully saturated rings. The average Bonchev–Trinajstić information content (AvgIpc) is 3.35. The largest absolute Gasteiger partial charge is 0.394 e. The summed E-state index contributed by atoms with van der Waals surface area (Å²) in [6.45, 7) is 2.81. The Morgan fingerprint density at radius 3 is 1.33 bits per heavy atom. The molecule has 0 spiro atoms. The Morgan fingerprint density at radius 1 is 0.507 bits per heavy atom. The standard InChI is InChI=1S/C55H105NO13/c1-3-5-7-9-11-13-15-17-18-19-20-21-22-23-24-25-27-29-31-33-35-37-39-47(60)56-43(44(59)38-36-34-32-30-28-26-16-14-12-10-8-6-4-2)42-66-54-52(65)50(63)53(46(41-58)68-54)69-55-51(64)49(62)48(61)45(40-57)67-55/h36,38,43-46,48-55,57-59,61-65H,3-35,37,39-42H2,1-2H3,(H,56,60)/b38-36+/t43-,44+,45+,46+,48-,49-,50+,51+,52+,53-,54+,55-/m0/s1. The van der Waals surface area contributed by atoms with Crippen molar-refractivity contribution in [1.82, 2.24) is 5.32 Å². The van der Waals surface area contributed by atoms with Gasteiger partial charge < -0.3 is 65.1 Å². The van der Waals surface area contributed by atoms with Gasteiger partial charge in [-0.2, -0.15) is 0 Å². The number of aliphatic hydroxyl groups is 8. The molecule has 0 unspecified atom stereocenters. The number of rotatable bonds is 45. The molecular formula is C55H105NO13. The van der Waals surface area contributed by atoms with Crippen LogP contribution in [0.3, 0.4) is 0 Å². The van der Waals surface area contributed by atoms with Gasteiger partial charge in [-0.05, 0) is 19.3 Å². The lowest BCUT2D eigenvalue weighted by Gasteiger charge is -2.46. The lowest BCUT2D eigenvalue weighted by molar-refractivity contribution is -0.359. The first-order valence-electron chi connectivity index (χ1n) is 28.4. The zero-order chi connectivity index (χ0) is 50.3. The third-order valence-electron chi connectivity index (χ3n) is 14.2. The lowest BCUT2D eigenvalue weighted by atomic mass is 9.97. The Bertz CT molecular complexity index is 1210. The zero-order valence-corrected chi connectivity index (χ0v) is 43.6. The first-order valence-corrected chi connectivity index (χ1v) is 28.4. The van der Waals surface area contributed by atoms with Crippen molar-refractivity contribution in [2.75, 3.05) is 19.8 Å². The molecule has 0 aromatic carbocycles. The van der Waals surface area contributed by atoms with Crippen molar-refractivity contribution in [1.29, 1.82) is 0 Å². The van der Waals surface area contributed by atoms with Gasteiger partial charge in [-0.15, -0.1) is 0 Å². The molecule has 0 radical (unpaired) electrons. The third kappa shape index (κ3) is 28.7. The fraction of sp³-hybridized carbons (Fsp3) is 0.945. The van der Waals surface area contributed by atoms with Crippen LogP contribution in [-0.2, 0) is 23.7 Å². The highest BCUT2D eigenvalue weighted by molar-refractivity contribution is 5.76. The van der Waals surface area contributed by atoms with E-state index >= 15 is 0 Å². The van der Waals surface area contributed by atoms with Gasteiger partial charge in [0.2, 0.25) is 5.91 Å². The maximum atomic E-state index is 13.2. The molecule has 2 saturated heterocycles. The Morgan fingerprint density at radius 2 is 0.899 bits per heavy atom. The number of ether oxygens (including phenoxy) is 4. The number of allylic oxidation sites excluding steroid dienone is 1.